The number of nitrogens with zero attached hydrogens (tertiary/aromatic N) is 1. The van der Waals surface area contributed by atoms with Crippen molar-refractivity contribution in [3.05, 3.63) is 41.3 Å². The zero-order valence-corrected chi connectivity index (χ0v) is 8.47. The van der Waals surface area contributed by atoms with Crippen molar-refractivity contribution in [3.8, 4) is 6.57 Å². The molecule has 2 heteroatoms. The first-order valence-corrected chi connectivity index (χ1v) is 5.09. The van der Waals surface area contributed by atoms with Crippen LogP contribution in [-0.4, -0.2) is 5.75 Å². The van der Waals surface area contributed by atoms with Gasteiger partial charge < -0.3 is 0 Å². The molecule has 1 nitrogen and oxygen atoms in total. The van der Waals surface area contributed by atoms with E-state index in [1.165, 1.54) is 0 Å². The first-order valence-electron chi connectivity index (χ1n) is 4.11. The van der Waals surface area contributed by atoms with Gasteiger partial charge in [0.2, 0.25) is 0 Å². The minimum absolute atomic E-state index is 0.787. The molecule has 0 aromatic heterocycles. The molecule has 0 saturated carbocycles. The lowest BCUT2D eigenvalue weighted by Gasteiger charge is -2.00. The van der Waals surface area contributed by atoms with Crippen LogP contribution in [0.2, 0.25) is 0 Å². The summed E-state index contributed by atoms with van der Waals surface area (Å²) < 4.78 is 0. The monoisotopic (exact) mass is 190 g/mol. The molecule has 1 rings (SSSR count). The van der Waals surface area contributed by atoms with Gasteiger partial charge in [0.1, 0.15) is 0 Å². The van der Waals surface area contributed by atoms with Crippen LogP contribution in [0.1, 0.15) is 12.5 Å². The number of hydrogen-bond acceptors (Lipinski definition) is 1. The van der Waals surface area contributed by atoms with Crippen LogP contribution in [0.4, 0.5) is 5.69 Å². The fourth-order valence-corrected chi connectivity index (χ4v) is 1.66. The van der Waals surface area contributed by atoms with Crippen molar-refractivity contribution in [2.75, 3.05) is 5.75 Å². The van der Waals surface area contributed by atoms with E-state index in [9.17, 15) is 0 Å². The van der Waals surface area contributed by atoms with Crippen LogP contribution in [0.15, 0.2) is 30.8 Å². The van der Waals surface area contributed by atoms with E-state index in [2.05, 4.69) is 18.3 Å². The molecule has 13 heavy (non-hydrogen) atoms. The summed E-state index contributed by atoms with van der Waals surface area (Å²) in [6.45, 7) is 11.3. The van der Waals surface area contributed by atoms with E-state index in [4.69, 9.17) is 6.57 Å². The van der Waals surface area contributed by atoms with Gasteiger partial charge in [0.25, 0.3) is 6.57 Å². The minimum Gasteiger partial charge on any atom is -0.126 e. The number of hydrogen-bond donors (Lipinski definition) is 0. The van der Waals surface area contributed by atoms with Crippen molar-refractivity contribution in [2.45, 2.75) is 6.92 Å². The van der Waals surface area contributed by atoms with E-state index >= 15 is 0 Å². The lowest BCUT2D eigenvalue weighted by atomic mass is 10.2. The van der Waals surface area contributed by atoms with Crippen LogP contribution < -0.4 is 0 Å². The average Bonchev–Trinajstić information content (AvgIpc) is 2.18. The molecule has 1 aromatic rings. The maximum atomic E-state index is 5.18. The van der Waals surface area contributed by atoms with E-state index in [0.717, 1.165) is 21.9 Å². The van der Waals surface area contributed by atoms with Crippen LogP contribution in [0.5, 0.6) is 0 Å². The fraction of sp³-hybridized carbons (Fsp3) is 0.182. The van der Waals surface area contributed by atoms with Gasteiger partial charge in [-0.2, -0.15) is 0 Å². The third-order valence-electron chi connectivity index (χ3n) is 1.64. The van der Waals surface area contributed by atoms with E-state index in [1.807, 2.05) is 24.3 Å². The van der Waals surface area contributed by atoms with Gasteiger partial charge in [-0.3, -0.25) is 0 Å². The van der Waals surface area contributed by atoms with Gasteiger partial charge in [0.05, 0.1) is 0 Å². The zero-order valence-electron chi connectivity index (χ0n) is 7.66. The number of benzene rings is 1. The summed E-state index contributed by atoms with van der Waals surface area (Å²) in [6, 6.07) is 7.75. The Morgan fingerprint density at radius 2 is 2.38 bits per heavy atom. The zero-order chi connectivity index (χ0) is 9.68. The van der Waals surface area contributed by atoms with Crippen molar-refractivity contribution < 1.29 is 0 Å². The average molecular weight is 190 g/mol. The highest BCUT2D eigenvalue weighted by molar-refractivity contribution is 8.08. The smallest absolute Gasteiger partial charge is 0.126 e. The predicted molar refractivity (Wildman–Crippen MR) is 61.6 cm³/mol. The maximum Gasteiger partial charge on any atom is 0.340 e. The molecule has 0 bridgehead atoms. The highest BCUT2D eigenvalue weighted by Crippen LogP contribution is 2.27. The van der Waals surface area contributed by atoms with Crippen molar-refractivity contribution in [1.82, 2.24) is 0 Å². The molecule has 0 aliphatic rings. The fourth-order valence-electron chi connectivity index (χ4n) is 1.02. The molecule has 0 spiro atoms. The van der Waals surface area contributed by atoms with Gasteiger partial charge in [-0.05, 0) is 16.2 Å². The SMILES string of the molecule is C#[N+]c1cccc(C(=C)SCC)c1. The van der Waals surface area contributed by atoms with Crippen LogP contribution in [0, 0.1) is 6.57 Å². The van der Waals surface area contributed by atoms with Gasteiger partial charge in [0, 0.05) is 17.0 Å². The second-order valence-corrected chi connectivity index (χ2v) is 3.89. The molecule has 0 fully saturated rings. The number of rotatable bonds is 3. The lowest BCUT2D eigenvalue weighted by molar-refractivity contribution is 1.53. The Balaban J connectivity index is 2.90. The molecule has 0 heterocycles. The second-order valence-electron chi connectivity index (χ2n) is 2.54. The van der Waals surface area contributed by atoms with Gasteiger partial charge in [-0.15, -0.1) is 11.8 Å². The summed E-state index contributed by atoms with van der Waals surface area (Å²) in [5.74, 6) is 1.03. The Bertz CT molecular complexity index is 349. The molecule has 0 radical (unpaired) electrons. The van der Waals surface area contributed by atoms with Crippen molar-refractivity contribution in [2.24, 2.45) is 0 Å². The Morgan fingerprint density at radius 3 is 3.00 bits per heavy atom. The first kappa shape index (κ1) is 9.88. The molecule has 1 aromatic carbocycles. The molecule has 0 saturated heterocycles. The summed E-state index contributed by atoms with van der Waals surface area (Å²) in [6.07, 6.45) is 0. The van der Waals surface area contributed by atoms with Gasteiger partial charge in [0.15, 0.2) is 0 Å². The quantitative estimate of drug-likeness (QED) is 0.697. The largest absolute Gasteiger partial charge is 0.340 e. The Kier molecular flexibility index (Phi) is 3.60. The molecule has 0 aliphatic heterocycles. The van der Waals surface area contributed by atoms with Crippen LogP contribution in [0.25, 0.3) is 9.75 Å². The molecule has 0 aliphatic carbocycles. The van der Waals surface area contributed by atoms with Gasteiger partial charge >= 0.3 is 5.69 Å². The Hall–Kier alpha value is -1.20. The standard InChI is InChI=1S/C11H12NS/c1-4-13-9(2)10-6-5-7-11(8-10)12-3/h3,5-8H,2,4H2,1H3/q+1. The molecule has 0 unspecified atom stereocenters. The van der Waals surface area contributed by atoms with Crippen molar-refractivity contribution in [1.29, 1.82) is 0 Å². The van der Waals surface area contributed by atoms with Crippen molar-refractivity contribution in [3.63, 3.8) is 0 Å². The van der Waals surface area contributed by atoms with E-state index in [1.54, 1.807) is 11.8 Å². The van der Waals surface area contributed by atoms with Gasteiger partial charge in [-0.1, -0.05) is 25.6 Å². The summed E-state index contributed by atoms with van der Waals surface area (Å²) in [7, 11) is 0. The maximum absolute atomic E-state index is 5.18. The minimum atomic E-state index is 0.787. The third-order valence-corrected chi connectivity index (χ3v) is 2.51. The first-order chi connectivity index (χ1) is 6.27. The Morgan fingerprint density at radius 1 is 1.62 bits per heavy atom. The third kappa shape index (κ3) is 2.64. The summed E-state index contributed by atoms with van der Waals surface area (Å²) >= 11 is 1.73. The van der Waals surface area contributed by atoms with Crippen LogP contribution in [0.3, 0.4) is 0 Å². The summed E-state index contributed by atoms with van der Waals surface area (Å²) in [5.41, 5.74) is 1.88. The summed E-state index contributed by atoms with van der Waals surface area (Å²) in [5, 5.41) is 0. The highest BCUT2D eigenvalue weighted by Gasteiger charge is 2.03. The molecule has 0 atom stereocenters. The predicted octanol–water partition coefficient (Wildman–Crippen LogP) is 4.00. The topological polar surface area (TPSA) is 4.36 Å². The second kappa shape index (κ2) is 4.74. The van der Waals surface area contributed by atoms with Gasteiger partial charge in [-0.25, -0.2) is 0 Å². The normalized spacial score (nSPS) is 9.23. The van der Waals surface area contributed by atoms with E-state index in [0.29, 0.717) is 0 Å². The molecule has 66 valence electrons. The highest BCUT2D eigenvalue weighted by atomic mass is 32.2. The molecule has 0 N–H and O–H groups in total. The molecular weight excluding hydrogens is 178 g/mol. The lowest BCUT2D eigenvalue weighted by Crippen LogP contribution is -1.77. The van der Waals surface area contributed by atoms with Crippen LogP contribution in [-0.2, 0) is 0 Å². The van der Waals surface area contributed by atoms with Crippen LogP contribution >= 0.6 is 11.8 Å². The van der Waals surface area contributed by atoms with Crippen molar-refractivity contribution >= 4 is 22.4 Å². The van der Waals surface area contributed by atoms with E-state index in [-0.39, 0.29) is 0 Å². The summed E-state index contributed by atoms with van der Waals surface area (Å²) in [4.78, 5) is 4.69. The Labute approximate surface area is 83.3 Å². The molecule has 0 amide bonds. The molecular formula is C11H12NS+. The van der Waals surface area contributed by atoms with E-state index < -0.39 is 0 Å². The number of thioether (sulfide) groups is 1.